The summed E-state index contributed by atoms with van der Waals surface area (Å²) in [6.07, 6.45) is 1.11. The largest absolute Gasteiger partial charge is 0.337 e. The molecule has 0 aliphatic carbocycles. The fourth-order valence-electron chi connectivity index (χ4n) is 2.18. The maximum absolute atomic E-state index is 8.98. The average molecular weight is 324 g/mol. The molecule has 0 amide bonds. The van der Waals surface area contributed by atoms with Crippen LogP contribution in [0.4, 0.5) is 0 Å². The van der Waals surface area contributed by atoms with Gasteiger partial charge < -0.3 is 4.89 Å². The molecule has 1 unspecified atom stereocenters. The van der Waals surface area contributed by atoms with Gasteiger partial charge in [-0.05, 0) is 47.4 Å². The summed E-state index contributed by atoms with van der Waals surface area (Å²) in [5.74, 6) is 0.615. The van der Waals surface area contributed by atoms with Crippen LogP contribution in [0, 0.1) is 0 Å². The predicted octanol–water partition coefficient (Wildman–Crippen LogP) is 5.11. The van der Waals surface area contributed by atoms with Gasteiger partial charge in [-0.15, -0.1) is 5.73 Å². The van der Waals surface area contributed by atoms with Crippen LogP contribution in [0.2, 0.25) is 0 Å². The number of rotatable bonds is 8. The number of hydrogen-bond donors (Lipinski definition) is 1. The zero-order valence-corrected chi connectivity index (χ0v) is 13.6. The standard InChI is InChI=1S/C20H20O4/c1-4-5-14-22-24-19-12-10-17(11-13-19)16-6-8-18(9-7-16)20(23-21)15(2)3/h5-13,20-21H,1-2,14H2,3H3. The van der Waals surface area contributed by atoms with Crippen molar-refractivity contribution < 1.29 is 19.9 Å². The fourth-order valence-corrected chi connectivity index (χ4v) is 2.18. The second-order valence-corrected chi connectivity index (χ2v) is 5.25. The maximum Gasteiger partial charge on any atom is 0.165 e. The first-order valence-electron chi connectivity index (χ1n) is 7.45. The zero-order chi connectivity index (χ0) is 17.4. The van der Waals surface area contributed by atoms with E-state index in [4.69, 9.17) is 15.0 Å². The molecule has 0 aromatic heterocycles. The quantitative estimate of drug-likeness (QED) is 0.241. The van der Waals surface area contributed by atoms with Crippen molar-refractivity contribution >= 4 is 0 Å². The van der Waals surface area contributed by atoms with E-state index in [-0.39, 0.29) is 0 Å². The zero-order valence-electron chi connectivity index (χ0n) is 13.6. The highest BCUT2D eigenvalue weighted by atomic mass is 17.2. The van der Waals surface area contributed by atoms with E-state index in [1.54, 1.807) is 13.0 Å². The molecule has 2 rings (SSSR count). The highest BCUT2D eigenvalue weighted by molar-refractivity contribution is 5.64. The van der Waals surface area contributed by atoms with Crippen molar-refractivity contribution in [1.82, 2.24) is 0 Å². The first kappa shape index (κ1) is 17.7. The summed E-state index contributed by atoms with van der Waals surface area (Å²) in [7, 11) is 0. The summed E-state index contributed by atoms with van der Waals surface area (Å²) in [6.45, 7) is 9.35. The molecular weight excluding hydrogens is 304 g/mol. The molecule has 4 nitrogen and oxygen atoms in total. The Bertz CT molecular complexity index is 710. The first-order valence-corrected chi connectivity index (χ1v) is 7.45. The summed E-state index contributed by atoms with van der Waals surface area (Å²) in [6, 6.07) is 15.3. The Morgan fingerprint density at radius 2 is 1.71 bits per heavy atom. The van der Waals surface area contributed by atoms with Gasteiger partial charge in [-0.25, -0.2) is 4.89 Å². The van der Waals surface area contributed by atoms with Gasteiger partial charge in [0.2, 0.25) is 0 Å². The van der Waals surface area contributed by atoms with Crippen LogP contribution in [0.3, 0.4) is 0 Å². The second kappa shape index (κ2) is 8.87. The molecule has 0 saturated heterocycles. The molecule has 0 heterocycles. The topological polar surface area (TPSA) is 47.9 Å². The van der Waals surface area contributed by atoms with Gasteiger partial charge in [0.15, 0.2) is 5.75 Å². The molecule has 124 valence electrons. The van der Waals surface area contributed by atoms with E-state index in [2.05, 4.69) is 23.8 Å². The number of benzene rings is 2. The number of hydrogen-bond acceptors (Lipinski definition) is 4. The molecule has 0 spiro atoms. The van der Waals surface area contributed by atoms with Crippen LogP contribution in [0.5, 0.6) is 5.75 Å². The van der Waals surface area contributed by atoms with Gasteiger partial charge in [0, 0.05) is 0 Å². The Hall–Kier alpha value is -2.62. The minimum atomic E-state index is -0.517. The lowest BCUT2D eigenvalue weighted by molar-refractivity contribution is -0.271. The Kier molecular flexibility index (Phi) is 6.55. The van der Waals surface area contributed by atoms with E-state index < -0.39 is 6.10 Å². The lowest BCUT2D eigenvalue weighted by atomic mass is 9.99. The molecule has 1 N–H and O–H groups in total. The highest BCUT2D eigenvalue weighted by Crippen LogP contribution is 2.27. The van der Waals surface area contributed by atoms with Gasteiger partial charge in [-0.1, -0.05) is 49.6 Å². The minimum absolute atomic E-state index is 0.295. The van der Waals surface area contributed by atoms with Crippen LogP contribution in [-0.2, 0) is 9.78 Å². The monoisotopic (exact) mass is 324 g/mol. The third-order valence-corrected chi connectivity index (χ3v) is 3.40. The summed E-state index contributed by atoms with van der Waals surface area (Å²) in [5, 5.41) is 8.98. The van der Waals surface area contributed by atoms with E-state index in [1.807, 2.05) is 48.5 Å². The average Bonchev–Trinajstić information content (AvgIpc) is 2.60. The van der Waals surface area contributed by atoms with Crippen molar-refractivity contribution in [2.75, 3.05) is 6.61 Å². The van der Waals surface area contributed by atoms with Crippen LogP contribution < -0.4 is 4.89 Å². The minimum Gasteiger partial charge on any atom is -0.337 e. The fraction of sp³-hybridized carbons (Fsp3) is 0.150. The van der Waals surface area contributed by atoms with Gasteiger partial charge in [0.25, 0.3) is 0 Å². The highest BCUT2D eigenvalue weighted by Gasteiger charge is 2.12. The second-order valence-electron chi connectivity index (χ2n) is 5.25. The molecule has 0 radical (unpaired) electrons. The third kappa shape index (κ3) is 4.69. The normalized spacial score (nSPS) is 11.4. The van der Waals surface area contributed by atoms with E-state index >= 15 is 0 Å². The van der Waals surface area contributed by atoms with E-state index in [0.717, 1.165) is 22.3 Å². The van der Waals surface area contributed by atoms with Crippen molar-refractivity contribution in [3.05, 3.63) is 84.6 Å². The Balaban J connectivity index is 2.06. The molecular formula is C20H20O4. The summed E-state index contributed by atoms with van der Waals surface area (Å²) in [4.78, 5) is 14.6. The Morgan fingerprint density at radius 3 is 2.21 bits per heavy atom. The molecule has 2 aromatic carbocycles. The summed E-state index contributed by atoms with van der Waals surface area (Å²) < 4.78 is 0. The van der Waals surface area contributed by atoms with Crippen molar-refractivity contribution in [2.24, 2.45) is 0 Å². The van der Waals surface area contributed by atoms with Crippen LogP contribution in [-0.4, -0.2) is 11.9 Å². The van der Waals surface area contributed by atoms with Crippen molar-refractivity contribution in [3.8, 4) is 16.9 Å². The van der Waals surface area contributed by atoms with E-state index in [0.29, 0.717) is 12.4 Å². The van der Waals surface area contributed by atoms with Gasteiger partial charge in [0.1, 0.15) is 12.7 Å². The van der Waals surface area contributed by atoms with Gasteiger partial charge >= 0.3 is 0 Å². The maximum atomic E-state index is 8.98. The van der Waals surface area contributed by atoms with Crippen LogP contribution in [0.1, 0.15) is 18.6 Å². The molecule has 0 saturated carbocycles. The summed E-state index contributed by atoms with van der Waals surface area (Å²) in [5.41, 5.74) is 6.26. The van der Waals surface area contributed by atoms with Crippen LogP contribution >= 0.6 is 0 Å². The smallest absolute Gasteiger partial charge is 0.165 e. The molecule has 4 heteroatoms. The van der Waals surface area contributed by atoms with Crippen molar-refractivity contribution in [1.29, 1.82) is 0 Å². The van der Waals surface area contributed by atoms with Crippen LogP contribution in [0.25, 0.3) is 11.1 Å². The van der Waals surface area contributed by atoms with E-state index in [1.165, 1.54) is 0 Å². The predicted molar refractivity (Wildman–Crippen MR) is 93.4 cm³/mol. The molecule has 0 bridgehead atoms. The van der Waals surface area contributed by atoms with E-state index in [9.17, 15) is 0 Å². The first-order chi connectivity index (χ1) is 11.7. The van der Waals surface area contributed by atoms with Gasteiger partial charge in [-0.2, -0.15) is 4.89 Å². The van der Waals surface area contributed by atoms with Crippen LogP contribution in [0.15, 0.2) is 79.1 Å². The van der Waals surface area contributed by atoms with Gasteiger partial charge in [-0.3, -0.25) is 5.26 Å². The molecule has 1 atom stereocenters. The lowest BCUT2D eigenvalue weighted by Crippen LogP contribution is -2.02. The summed E-state index contributed by atoms with van der Waals surface area (Å²) >= 11 is 0. The van der Waals surface area contributed by atoms with Gasteiger partial charge in [0.05, 0.1) is 0 Å². The SMILES string of the molecule is C=C=CCOOc1ccc(-c2ccc(C(OO)C(=C)C)cc2)cc1. The van der Waals surface area contributed by atoms with Crippen molar-refractivity contribution in [3.63, 3.8) is 0 Å². The lowest BCUT2D eigenvalue weighted by Gasteiger charge is -2.14. The molecule has 24 heavy (non-hydrogen) atoms. The molecule has 0 aliphatic rings. The molecule has 0 fully saturated rings. The Morgan fingerprint density at radius 1 is 1.12 bits per heavy atom. The molecule has 2 aromatic rings. The Labute approximate surface area is 141 Å². The molecule has 0 aliphatic heterocycles. The van der Waals surface area contributed by atoms with Crippen molar-refractivity contribution in [2.45, 2.75) is 13.0 Å². The third-order valence-electron chi connectivity index (χ3n) is 3.40.